The summed E-state index contributed by atoms with van der Waals surface area (Å²) in [6.45, 7) is 1.43. The van der Waals surface area contributed by atoms with Crippen LogP contribution in [0.1, 0.15) is 28.9 Å². The number of aromatic nitrogens is 1. The van der Waals surface area contributed by atoms with Crippen molar-refractivity contribution in [2.75, 3.05) is 18.4 Å². The van der Waals surface area contributed by atoms with Gasteiger partial charge in [-0.3, -0.25) is 9.59 Å². The van der Waals surface area contributed by atoms with Gasteiger partial charge in [-0.05, 0) is 30.5 Å². The van der Waals surface area contributed by atoms with Gasteiger partial charge in [0.25, 0.3) is 5.91 Å². The summed E-state index contributed by atoms with van der Waals surface area (Å²) in [6.07, 6.45) is 2.12. The van der Waals surface area contributed by atoms with Gasteiger partial charge in [0, 0.05) is 25.2 Å². The van der Waals surface area contributed by atoms with Gasteiger partial charge < -0.3 is 16.0 Å². The average molecular weight is 337 g/mol. The molecule has 129 valence electrons. The van der Waals surface area contributed by atoms with Crippen LogP contribution in [-0.2, 0) is 11.2 Å². The minimum atomic E-state index is -0.593. The molecule has 2 amide bonds. The number of nitrogens with two attached hydrogens (primary N) is 1. The van der Waals surface area contributed by atoms with E-state index in [1.54, 1.807) is 12.1 Å². The zero-order chi connectivity index (χ0) is 17.6. The Morgan fingerprint density at radius 2 is 1.92 bits per heavy atom. The fourth-order valence-corrected chi connectivity index (χ4v) is 2.96. The summed E-state index contributed by atoms with van der Waals surface area (Å²) in [7, 11) is 0. The van der Waals surface area contributed by atoms with Crippen molar-refractivity contribution in [3.05, 3.63) is 59.8 Å². The molecule has 0 spiro atoms. The fraction of sp³-hybridized carbons (Fsp3) is 0.316. The van der Waals surface area contributed by atoms with Crippen molar-refractivity contribution < 1.29 is 9.59 Å². The zero-order valence-electron chi connectivity index (χ0n) is 13.9. The van der Waals surface area contributed by atoms with Crippen LogP contribution in [-0.4, -0.2) is 40.8 Å². The highest BCUT2D eigenvalue weighted by Gasteiger charge is 2.23. The second kappa shape index (κ2) is 7.79. The molecule has 25 heavy (non-hydrogen) atoms. The Kier molecular flexibility index (Phi) is 5.28. The third-order valence-corrected chi connectivity index (χ3v) is 4.32. The number of benzene rings is 1. The number of anilines is 1. The van der Waals surface area contributed by atoms with Crippen molar-refractivity contribution in [2.24, 2.45) is 5.73 Å². The third kappa shape index (κ3) is 4.56. The molecule has 0 atom stereocenters. The molecule has 2 aromatic rings. The molecule has 3 N–H and O–H groups in total. The summed E-state index contributed by atoms with van der Waals surface area (Å²) in [5, 5.41) is 3.31. The molecule has 1 aromatic heterocycles. The highest BCUT2D eigenvalue weighted by atomic mass is 16.2. The van der Waals surface area contributed by atoms with Crippen LogP contribution in [0.15, 0.2) is 42.5 Å². The van der Waals surface area contributed by atoms with E-state index >= 15 is 0 Å². The number of rotatable bonds is 5. The number of pyridine rings is 1. The molecule has 1 fully saturated rings. The normalized spacial score (nSPS) is 15.0. The van der Waals surface area contributed by atoms with Crippen LogP contribution in [0.4, 0.5) is 5.82 Å². The lowest BCUT2D eigenvalue weighted by Gasteiger charge is -2.32. The zero-order valence-corrected chi connectivity index (χ0v) is 13.9. The smallest absolute Gasteiger partial charge is 0.268 e. The Morgan fingerprint density at radius 3 is 2.60 bits per heavy atom. The average Bonchev–Trinajstić information content (AvgIpc) is 2.63. The molecule has 3 rings (SSSR count). The summed E-state index contributed by atoms with van der Waals surface area (Å²) >= 11 is 0. The highest BCUT2D eigenvalue weighted by molar-refractivity contribution is 5.90. The summed E-state index contributed by atoms with van der Waals surface area (Å²) in [5.41, 5.74) is 6.39. The van der Waals surface area contributed by atoms with Gasteiger partial charge in [0.1, 0.15) is 11.5 Å². The van der Waals surface area contributed by atoms with E-state index < -0.39 is 5.91 Å². The van der Waals surface area contributed by atoms with Gasteiger partial charge in [-0.2, -0.15) is 0 Å². The van der Waals surface area contributed by atoms with Gasteiger partial charge in [0.05, 0.1) is 6.42 Å². The molecule has 1 aromatic carbocycles. The number of hydrogen-bond donors (Lipinski definition) is 2. The SMILES string of the molecule is NC(=O)c1[c]ccc(NC2CCN(C(=O)Cc3ccccc3)CC2)n1. The Bertz CT molecular complexity index is 740. The monoisotopic (exact) mass is 337 g/mol. The van der Waals surface area contributed by atoms with Crippen molar-refractivity contribution in [1.82, 2.24) is 9.88 Å². The Morgan fingerprint density at radius 1 is 1.20 bits per heavy atom. The van der Waals surface area contributed by atoms with Gasteiger partial charge in [-0.15, -0.1) is 0 Å². The number of piperidine rings is 1. The number of primary amides is 1. The van der Waals surface area contributed by atoms with Gasteiger partial charge >= 0.3 is 0 Å². The van der Waals surface area contributed by atoms with Crippen LogP contribution in [0.3, 0.4) is 0 Å². The minimum Gasteiger partial charge on any atom is -0.367 e. The van der Waals surface area contributed by atoms with E-state index in [2.05, 4.69) is 16.4 Å². The molecule has 1 radical (unpaired) electrons. The van der Waals surface area contributed by atoms with E-state index in [4.69, 9.17) is 5.73 Å². The number of nitrogens with zero attached hydrogens (tertiary/aromatic N) is 2. The van der Waals surface area contributed by atoms with E-state index in [-0.39, 0.29) is 17.6 Å². The number of carbonyl (C=O) groups is 2. The predicted molar refractivity (Wildman–Crippen MR) is 95.0 cm³/mol. The largest absolute Gasteiger partial charge is 0.367 e. The van der Waals surface area contributed by atoms with Crippen LogP contribution in [0.2, 0.25) is 0 Å². The predicted octanol–water partition coefficient (Wildman–Crippen LogP) is 1.63. The molecular weight excluding hydrogens is 316 g/mol. The lowest BCUT2D eigenvalue weighted by molar-refractivity contribution is -0.131. The van der Waals surface area contributed by atoms with Gasteiger partial charge in [0.15, 0.2) is 0 Å². The first-order valence-corrected chi connectivity index (χ1v) is 8.38. The van der Waals surface area contributed by atoms with Crippen LogP contribution in [0.25, 0.3) is 0 Å². The molecule has 2 heterocycles. The molecule has 0 bridgehead atoms. The maximum absolute atomic E-state index is 12.4. The molecule has 0 unspecified atom stereocenters. The molecule has 0 aliphatic carbocycles. The number of carbonyl (C=O) groups excluding carboxylic acids is 2. The quantitative estimate of drug-likeness (QED) is 0.868. The maximum Gasteiger partial charge on any atom is 0.268 e. The lowest BCUT2D eigenvalue weighted by atomic mass is 10.0. The van der Waals surface area contributed by atoms with E-state index in [1.165, 1.54) is 0 Å². The lowest BCUT2D eigenvalue weighted by Crippen LogP contribution is -2.43. The summed E-state index contributed by atoms with van der Waals surface area (Å²) in [6, 6.07) is 16.1. The van der Waals surface area contributed by atoms with Gasteiger partial charge in [-0.25, -0.2) is 4.98 Å². The van der Waals surface area contributed by atoms with E-state index in [0.717, 1.165) is 18.4 Å². The van der Waals surface area contributed by atoms with E-state index in [0.29, 0.717) is 25.3 Å². The van der Waals surface area contributed by atoms with Crippen LogP contribution < -0.4 is 11.1 Å². The Labute approximate surface area is 147 Å². The second-order valence-corrected chi connectivity index (χ2v) is 6.15. The van der Waals surface area contributed by atoms with Crippen molar-refractivity contribution in [3.63, 3.8) is 0 Å². The Hall–Kier alpha value is -2.89. The third-order valence-electron chi connectivity index (χ3n) is 4.32. The van der Waals surface area contributed by atoms with E-state index in [9.17, 15) is 9.59 Å². The second-order valence-electron chi connectivity index (χ2n) is 6.15. The first-order chi connectivity index (χ1) is 12.1. The van der Waals surface area contributed by atoms with Gasteiger partial charge in [-0.1, -0.05) is 30.3 Å². The number of amides is 2. The standard InChI is InChI=1S/C19H21N4O2/c20-19(25)16-7-4-8-17(22-16)21-15-9-11-23(12-10-15)18(24)13-14-5-2-1-3-6-14/h1-6,8,15H,9-13H2,(H2,20,25)(H,21,22). The molecule has 6 nitrogen and oxygen atoms in total. The van der Waals surface area contributed by atoms with Crippen molar-refractivity contribution in [1.29, 1.82) is 0 Å². The van der Waals surface area contributed by atoms with E-state index in [1.807, 2.05) is 35.2 Å². The minimum absolute atomic E-state index is 0.125. The Balaban J connectivity index is 1.51. The topological polar surface area (TPSA) is 88.3 Å². The number of nitrogens with one attached hydrogen (secondary N) is 1. The van der Waals surface area contributed by atoms with Crippen LogP contribution >= 0.6 is 0 Å². The first kappa shape index (κ1) is 17.0. The van der Waals surface area contributed by atoms with Crippen molar-refractivity contribution in [2.45, 2.75) is 25.3 Å². The first-order valence-electron chi connectivity index (χ1n) is 8.38. The maximum atomic E-state index is 12.4. The molecular formula is C19H21N4O2. The molecule has 0 saturated carbocycles. The van der Waals surface area contributed by atoms with Crippen molar-refractivity contribution in [3.8, 4) is 0 Å². The fourth-order valence-electron chi connectivity index (χ4n) is 2.96. The molecule has 6 heteroatoms. The highest BCUT2D eigenvalue weighted by Crippen LogP contribution is 2.16. The van der Waals surface area contributed by atoms with Crippen LogP contribution in [0.5, 0.6) is 0 Å². The van der Waals surface area contributed by atoms with Crippen LogP contribution in [0, 0.1) is 6.07 Å². The molecule has 1 aliphatic heterocycles. The number of likely N-dealkylation sites (tertiary alicyclic amines) is 1. The summed E-state index contributed by atoms with van der Waals surface area (Å²) in [4.78, 5) is 29.6. The molecule has 1 aliphatic rings. The summed E-state index contributed by atoms with van der Waals surface area (Å²) < 4.78 is 0. The summed E-state index contributed by atoms with van der Waals surface area (Å²) in [5.74, 6) is 0.180. The molecule has 1 saturated heterocycles. The van der Waals surface area contributed by atoms with Gasteiger partial charge in [0.2, 0.25) is 5.91 Å². The number of hydrogen-bond acceptors (Lipinski definition) is 4. The van der Waals surface area contributed by atoms with Crippen molar-refractivity contribution >= 4 is 17.6 Å².